The number of hydrogen-bond donors (Lipinski definition) is 1. The van der Waals surface area contributed by atoms with Crippen molar-refractivity contribution < 1.29 is 42.9 Å². The monoisotopic (exact) mass is 1150 g/mol. The van der Waals surface area contributed by atoms with E-state index in [1.54, 1.807) is 0 Å². The molecule has 0 bridgehead atoms. The predicted molar refractivity (Wildman–Crippen MR) is 354 cm³/mol. The fourth-order valence-electron chi connectivity index (χ4n) is 7.83. The van der Waals surface area contributed by atoms with Crippen LogP contribution in [-0.4, -0.2) is 87.4 Å². The van der Waals surface area contributed by atoms with E-state index >= 15 is 0 Å². The van der Waals surface area contributed by atoms with Gasteiger partial charge in [-0.15, -0.1) is 0 Å². The lowest BCUT2D eigenvalue weighted by atomic mass is 10.1. The highest BCUT2D eigenvalue weighted by molar-refractivity contribution is 5.71. The first kappa shape index (κ1) is 77.4. The Morgan fingerprint density at radius 2 is 0.651 bits per heavy atom. The molecule has 1 N–H and O–H groups in total. The van der Waals surface area contributed by atoms with Crippen LogP contribution in [0.5, 0.6) is 0 Å². The van der Waals surface area contributed by atoms with Gasteiger partial charge in [0.1, 0.15) is 13.2 Å². The van der Waals surface area contributed by atoms with Crippen LogP contribution in [0.2, 0.25) is 0 Å². The van der Waals surface area contributed by atoms with Gasteiger partial charge in [0.25, 0.3) is 6.29 Å². The second-order valence-electron chi connectivity index (χ2n) is 21.6. The van der Waals surface area contributed by atoms with Gasteiger partial charge in [-0.05, 0) is 135 Å². The molecule has 0 aliphatic carbocycles. The number of quaternary nitrogens is 1. The highest BCUT2D eigenvalue weighted by atomic mass is 16.7. The van der Waals surface area contributed by atoms with Gasteiger partial charge in [0, 0.05) is 12.8 Å². The minimum Gasteiger partial charge on any atom is -0.477 e. The number of likely N-dealkylation sites (N-methyl/N-ethyl adjacent to an activating group) is 1. The maximum absolute atomic E-state index is 12.9. The second-order valence-corrected chi connectivity index (χ2v) is 21.6. The molecule has 0 aromatic carbocycles. The van der Waals surface area contributed by atoms with E-state index < -0.39 is 24.3 Å². The van der Waals surface area contributed by atoms with E-state index in [-0.39, 0.29) is 38.6 Å². The number of hydrogen-bond acceptors (Lipinski definition) is 7. The maximum atomic E-state index is 12.9. The normalized spacial score (nSPS) is 14.0. The van der Waals surface area contributed by atoms with E-state index in [9.17, 15) is 19.5 Å². The van der Waals surface area contributed by atoms with Crippen molar-refractivity contribution in [3.05, 3.63) is 182 Å². The number of allylic oxidation sites excluding steroid dienone is 30. The molecule has 9 nitrogen and oxygen atoms in total. The smallest absolute Gasteiger partial charge is 0.361 e. The lowest BCUT2D eigenvalue weighted by molar-refractivity contribution is -0.870. The van der Waals surface area contributed by atoms with Gasteiger partial charge in [0.05, 0.1) is 34.4 Å². The van der Waals surface area contributed by atoms with Gasteiger partial charge in [-0.2, -0.15) is 0 Å². The molecule has 0 spiro atoms. The highest BCUT2D eigenvalue weighted by Crippen LogP contribution is 2.13. The van der Waals surface area contributed by atoms with Crippen molar-refractivity contribution >= 4 is 17.9 Å². The number of ether oxygens (including phenoxy) is 4. The van der Waals surface area contributed by atoms with E-state index in [1.165, 1.54) is 19.3 Å². The van der Waals surface area contributed by atoms with Gasteiger partial charge in [0.2, 0.25) is 0 Å². The molecule has 9 heteroatoms. The SMILES string of the molecule is CC/C=C\C/C=C\C/C=C\C/C=C\C/C=C\C/C=C\C/C=C\C/C=C\C/C=C\C/C=C\CCCCCCC(=O)OC(COC(=O)CCCCCCCCC/C=C\C/C=C\C/C=C\C/C=C\C/C=C\CC)COC(OCC[N+](C)(C)C)C(=O)O. The molecule has 83 heavy (non-hydrogen) atoms. The van der Waals surface area contributed by atoms with Crippen LogP contribution in [0.4, 0.5) is 0 Å². The van der Waals surface area contributed by atoms with Crippen molar-refractivity contribution in [2.24, 2.45) is 0 Å². The standard InChI is InChI=1S/C74H115NO8/c1-6-8-10-12-14-16-18-20-22-24-26-28-30-31-32-33-34-35-36-37-38-39-40-41-43-45-47-49-51-53-55-57-59-61-63-65-72(77)83-70(69-82-74(73(78)79)80-67-66-75(3,4)5)68-81-71(76)64-62-60-58-56-54-52-50-48-46-44-42-29-27-25-23-21-19-17-15-13-11-9-7-2/h8-11,14-17,20-23,26-29,31-32,34-35,37-38,40-41,44-47,51,53,70,74H,6-7,12-13,18-19,24-25,30,33,36,39,42-43,48-50,52,54-69H2,1-5H3/p+1/b10-8-,11-9-,16-14-,17-15-,22-20-,23-21-,28-26-,29-27-,32-31-,35-34-,38-37-,41-40-,46-44-,47-45-,53-51-. The van der Waals surface area contributed by atoms with Crippen LogP contribution in [0, 0.1) is 0 Å². The zero-order chi connectivity index (χ0) is 60.5. The first-order valence-corrected chi connectivity index (χ1v) is 31.9. The third kappa shape index (κ3) is 63.8. The molecule has 0 saturated heterocycles. The van der Waals surface area contributed by atoms with Crippen LogP contribution in [0.1, 0.15) is 206 Å². The number of esters is 2. The van der Waals surface area contributed by atoms with Crippen LogP contribution in [0.25, 0.3) is 0 Å². The van der Waals surface area contributed by atoms with E-state index in [2.05, 4.69) is 196 Å². The average Bonchev–Trinajstić information content (AvgIpc) is 3.46. The summed E-state index contributed by atoms with van der Waals surface area (Å²) in [4.78, 5) is 37.5. The van der Waals surface area contributed by atoms with E-state index in [1.807, 2.05) is 21.1 Å². The molecular weight excluding hydrogens is 1030 g/mol. The fraction of sp³-hybridized carbons (Fsp3) is 0.554. The Morgan fingerprint density at radius 3 is 0.964 bits per heavy atom. The summed E-state index contributed by atoms with van der Waals surface area (Å²) in [6.07, 6.45) is 92.6. The molecular formula is C74H116NO8+. The van der Waals surface area contributed by atoms with Crippen molar-refractivity contribution in [2.75, 3.05) is 47.5 Å². The second kappa shape index (κ2) is 62.4. The van der Waals surface area contributed by atoms with E-state index in [0.717, 1.165) is 154 Å². The largest absolute Gasteiger partial charge is 0.477 e. The minimum absolute atomic E-state index is 0.169. The Labute approximate surface area is 507 Å². The lowest BCUT2D eigenvalue weighted by Gasteiger charge is -2.25. The molecule has 0 rings (SSSR count). The molecule has 0 heterocycles. The Bertz CT molecular complexity index is 2010. The van der Waals surface area contributed by atoms with Crippen LogP contribution in [-0.2, 0) is 33.3 Å². The number of carboxylic acids is 1. The molecule has 2 unspecified atom stereocenters. The summed E-state index contributed by atoms with van der Waals surface area (Å²) in [6.45, 7) is 4.57. The number of carboxylic acid groups (broad SMARTS) is 1. The van der Waals surface area contributed by atoms with E-state index in [4.69, 9.17) is 18.9 Å². The van der Waals surface area contributed by atoms with Crippen molar-refractivity contribution in [1.82, 2.24) is 0 Å². The number of aliphatic carboxylic acids is 1. The summed E-state index contributed by atoms with van der Waals surface area (Å²) in [6, 6.07) is 0. The molecule has 0 radical (unpaired) electrons. The molecule has 464 valence electrons. The summed E-state index contributed by atoms with van der Waals surface area (Å²) in [7, 11) is 5.94. The van der Waals surface area contributed by atoms with E-state index in [0.29, 0.717) is 17.4 Å². The van der Waals surface area contributed by atoms with Crippen LogP contribution >= 0.6 is 0 Å². The first-order valence-electron chi connectivity index (χ1n) is 31.9. The number of nitrogens with zero attached hydrogens (tertiary/aromatic N) is 1. The predicted octanol–water partition coefficient (Wildman–Crippen LogP) is 19.7. The Hall–Kier alpha value is -5.61. The zero-order valence-corrected chi connectivity index (χ0v) is 52.8. The maximum Gasteiger partial charge on any atom is 0.361 e. The quantitative estimate of drug-likeness (QED) is 0.0211. The highest BCUT2D eigenvalue weighted by Gasteiger charge is 2.25. The number of carbonyl (C=O) groups is 3. The topological polar surface area (TPSA) is 108 Å². The summed E-state index contributed by atoms with van der Waals surface area (Å²) >= 11 is 0. The third-order valence-corrected chi connectivity index (χ3v) is 12.7. The van der Waals surface area contributed by atoms with Gasteiger partial charge < -0.3 is 28.5 Å². The molecule has 0 fully saturated rings. The number of rotatable bonds is 56. The van der Waals surface area contributed by atoms with Crippen LogP contribution in [0.3, 0.4) is 0 Å². The molecule has 0 aliphatic rings. The molecule has 0 aliphatic heterocycles. The molecule has 0 aromatic heterocycles. The summed E-state index contributed by atoms with van der Waals surface area (Å²) in [5.41, 5.74) is 0. The van der Waals surface area contributed by atoms with Crippen molar-refractivity contribution in [2.45, 2.75) is 219 Å². The van der Waals surface area contributed by atoms with Gasteiger partial charge in [0.15, 0.2) is 6.10 Å². The number of carbonyl (C=O) groups excluding carboxylic acids is 2. The first-order chi connectivity index (χ1) is 40.6. The molecule has 0 saturated carbocycles. The molecule has 0 amide bonds. The van der Waals surface area contributed by atoms with Gasteiger partial charge in [-0.3, -0.25) is 9.59 Å². The molecule has 0 aromatic rings. The van der Waals surface area contributed by atoms with Crippen molar-refractivity contribution in [3.63, 3.8) is 0 Å². The zero-order valence-electron chi connectivity index (χ0n) is 52.8. The van der Waals surface area contributed by atoms with Gasteiger partial charge in [-0.25, -0.2) is 4.79 Å². The summed E-state index contributed by atoms with van der Waals surface area (Å²) < 4.78 is 22.9. The lowest BCUT2D eigenvalue weighted by Crippen LogP contribution is -2.40. The van der Waals surface area contributed by atoms with Crippen LogP contribution < -0.4 is 0 Å². The number of unbranched alkanes of at least 4 members (excludes halogenated alkanes) is 11. The van der Waals surface area contributed by atoms with Crippen molar-refractivity contribution in [3.8, 4) is 0 Å². The van der Waals surface area contributed by atoms with Crippen LogP contribution in [0.15, 0.2) is 182 Å². The Kier molecular flexibility index (Phi) is 58.2. The fourth-order valence-corrected chi connectivity index (χ4v) is 7.83. The van der Waals surface area contributed by atoms with Gasteiger partial charge in [-0.1, -0.05) is 241 Å². The Balaban J connectivity index is 4.34. The average molecular weight is 1150 g/mol. The Morgan fingerprint density at radius 1 is 0.361 bits per heavy atom. The summed E-state index contributed by atoms with van der Waals surface area (Å²) in [5.74, 6) is -2.08. The molecule has 2 atom stereocenters. The third-order valence-electron chi connectivity index (χ3n) is 12.7. The van der Waals surface area contributed by atoms with Crippen molar-refractivity contribution in [1.29, 1.82) is 0 Å². The minimum atomic E-state index is -1.53. The summed E-state index contributed by atoms with van der Waals surface area (Å²) in [5, 5.41) is 9.73. The van der Waals surface area contributed by atoms with Gasteiger partial charge >= 0.3 is 17.9 Å².